The lowest BCUT2D eigenvalue weighted by Crippen LogP contribution is -2.58. The number of carbonyl (C=O) groups is 2. The number of amides is 3. The number of piperazine rings is 1. The Morgan fingerprint density at radius 1 is 1.07 bits per heavy atom. The Labute approximate surface area is 175 Å². The standard InChI is InChI=1S/C23H36N4O2/c1-3-18(2)17-24-22(28)21(19-9-7-8-10-19)26-13-15-27(16-14-26)23(29)25-20-11-5-4-6-12-20/h4-6,11-12,18-19,21H,3,7-10,13-17H2,1-2H3,(H,24,28)(H,25,29)/t18-,21+/m1/s1. The van der Waals surface area contributed by atoms with Crippen molar-refractivity contribution < 1.29 is 9.59 Å². The molecule has 1 aliphatic heterocycles. The normalized spacial score (nSPS) is 20.3. The van der Waals surface area contributed by atoms with Gasteiger partial charge in [-0.1, -0.05) is 51.3 Å². The largest absolute Gasteiger partial charge is 0.354 e. The number of nitrogens with zero attached hydrogens (tertiary/aromatic N) is 2. The number of hydrogen-bond acceptors (Lipinski definition) is 3. The highest BCUT2D eigenvalue weighted by atomic mass is 16.2. The summed E-state index contributed by atoms with van der Waals surface area (Å²) < 4.78 is 0. The molecule has 3 amide bonds. The Balaban J connectivity index is 1.56. The van der Waals surface area contributed by atoms with E-state index >= 15 is 0 Å². The molecule has 0 unspecified atom stereocenters. The van der Waals surface area contributed by atoms with Crippen molar-refractivity contribution in [3.8, 4) is 0 Å². The lowest BCUT2D eigenvalue weighted by molar-refractivity contribution is -0.129. The second kappa shape index (κ2) is 10.6. The smallest absolute Gasteiger partial charge is 0.321 e. The van der Waals surface area contributed by atoms with Gasteiger partial charge in [-0.3, -0.25) is 9.69 Å². The maximum absolute atomic E-state index is 13.1. The summed E-state index contributed by atoms with van der Waals surface area (Å²) in [6.07, 6.45) is 5.79. The molecule has 1 aromatic carbocycles. The summed E-state index contributed by atoms with van der Waals surface area (Å²) in [7, 11) is 0. The van der Waals surface area contributed by atoms with Crippen LogP contribution in [0.5, 0.6) is 0 Å². The van der Waals surface area contributed by atoms with Crippen LogP contribution >= 0.6 is 0 Å². The van der Waals surface area contributed by atoms with Crippen LogP contribution in [0, 0.1) is 11.8 Å². The highest BCUT2D eigenvalue weighted by molar-refractivity contribution is 5.89. The number of rotatable bonds is 7. The minimum atomic E-state index is -0.0607. The summed E-state index contributed by atoms with van der Waals surface area (Å²) in [5, 5.41) is 6.16. The Morgan fingerprint density at radius 2 is 1.72 bits per heavy atom. The molecule has 2 aliphatic rings. The predicted molar refractivity (Wildman–Crippen MR) is 117 cm³/mol. The lowest BCUT2D eigenvalue weighted by atomic mass is 9.94. The minimum Gasteiger partial charge on any atom is -0.354 e. The Hall–Kier alpha value is -2.08. The van der Waals surface area contributed by atoms with Crippen molar-refractivity contribution in [1.82, 2.24) is 15.1 Å². The maximum atomic E-state index is 13.1. The van der Waals surface area contributed by atoms with Crippen LogP contribution < -0.4 is 10.6 Å². The molecule has 29 heavy (non-hydrogen) atoms. The van der Waals surface area contributed by atoms with E-state index in [1.54, 1.807) is 0 Å². The number of nitrogens with one attached hydrogen (secondary N) is 2. The van der Waals surface area contributed by atoms with E-state index in [-0.39, 0.29) is 18.0 Å². The molecular weight excluding hydrogens is 364 g/mol. The summed E-state index contributed by atoms with van der Waals surface area (Å²) in [5.41, 5.74) is 0.813. The van der Waals surface area contributed by atoms with Crippen LogP contribution in [0.25, 0.3) is 0 Å². The van der Waals surface area contributed by atoms with E-state index in [9.17, 15) is 9.59 Å². The van der Waals surface area contributed by atoms with E-state index in [0.717, 1.165) is 44.6 Å². The van der Waals surface area contributed by atoms with E-state index < -0.39 is 0 Å². The van der Waals surface area contributed by atoms with Crippen LogP contribution in [0.2, 0.25) is 0 Å². The van der Waals surface area contributed by atoms with Gasteiger partial charge in [0.05, 0.1) is 6.04 Å². The molecule has 3 rings (SSSR count). The summed E-state index contributed by atoms with van der Waals surface area (Å²) >= 11 is 0. The molecule has 0 spiro atoms. The molecule has 2 fully saturated rings. The molecule has 1 aromatic rings. The first-order valence-electron chi connectivity index (χ1n) is 11.2. The number of hydrogen-bond donors (Lipinski definition) is 2. The van der Waals surface area contributed by atoms with Crippen LogP contribution in [0.4, 0.5) is 10.5 Å². The average Bonchev–Trinajstić information content (AvgIpc) is 3.27. The number of para-hydroxylation sites is 1. The number of benzene rings is 1. The van der Waals surface area contributed by atoms with Crippen LogP contribution in [0.15, 0.2) is 30.3 Å². The van der Waals surface area contributed by atoms with Gasteiger partial charge < -0.3 is 15.5 Å². The van der Waals surface area contributed by atoms with Crippen LogP contribution in [0.1, 0.15) is 46.0 Å². The molecule has 1 saturated carbocycles. The minimum absolute atomic E-state index is 0.0547. The summed E-state index contributed by atoms with van der Waals surface area (Å²) in [6.45, 7) is 7.89. The fourth-order valence-electron chi connectivity index (χ4n) is 4.40. The summed E-state index contributed by atoms with van der Waals surface area (Å²) in [6, 6.07) is 9.44. The Morgan fingerprint density at radius 3 is 2.34 bits per heavy atom. The predicted octanol–water partition coefficient (Wildman–Crippen LogP) is 3.56. The fraction of sp³-hybridized carbons (Fsp3) is 0.652. The van der Waals surface area contributed by atoms with Gasteiger partial charge in [-0.05, 0) is 36.8 Å². The number of carbonyl (C=O) groups excluding carboxylic acids is 2. The molecule has 0 radical (unpaired) electrons. The third kappa shape index (κ3) is 5.95. The van der Waals surface area contributed by atoms with E-state index in [2.05, 4.69) is 29.4 Å². The van der Waals surface area contributed by atoms with Gasteiger partial charge >= 0.3 is 6.03 Å². The van der Waals surface area contributed by atoms with Crippen LogP contribution in [-0.2, 0) is 4.79 Å². The van der Waals surface area contributed by atoms with Crippen molar-refractivity contribution in [3.63, 3.8) is 0 Å². The molecule has 0 aromatic heterocycles. The van der Waals surface area contributed by atoms with Gasteiger partial charge in [0.15, 0.2) is 0 Å². The quantitative estimate of drug-likeness (QED) is 0.736. The topological polar surface area (TPSA) is 64.7 Å². The van der Waals surface area contributed by atoms with Crippen molar-refractivity contribution in [1.29, 1.82) is 0 Å². The molecular formula is C23H36N4O2. The molecule has 1 heterocycles. The zero-order chi connectivity index (χ0) is 20.6. The third-order valence-electron chi connectivity index (χ3n) is 6.46. The molecule has 1 saturated heterocycles. The summed E-state index contributed by atoms with van der Waals surface area (Å²) in [5.74, 6) is 1.12. The number of anilines is 1. The van der Waals surface area contributed by atoms with Gasteiger partial charge in [0, 0.05) is 38.4 Å². The van der Waals surface area contributed by atoms with Crippen molar-refractivity contribution in [2.45, 2.75) is 52.0 Å². The third-order valence-corrected chi connectivity index (χ3v) is 6.46. The maximum Gasteiger partial charge on any atom is 0.321 e. The Bertz CT molecular complexity index is 652. The van der Waals surface area contributed by atoms with Crippen molar-refractivity contribution in [2.75, 3.05) is 38.0 Å². The molecule has 0 bridgehead atoms. The molecule has 160 valence electrons. The van der Waals surface area contributed by atoms with E-state index in [4.69, 9.17) is 0 Å². The van der Waals surface area contributed by atoms with E-state index in [1.807, 2.05) is 35.2 Å². The molecule has 1 aliphatic carbocycles. The van der Waals surface area contributed by atoms with Crippen molar-refractivity contribution in [2.24, 2.45) is 11.8 Å². The Kier molecular flexibility index (Phi) is 7.92. The van der Waals surface area contributed by atoms with Gasteiger partial charge in [-0.15, -0.1) is 0 Å². The van der Waals surface area contributed by atoms with Gasteiger partial charge in [-0.2, -0.15) is 0 Å². The van der Waals surface area contributed by atoms with E-state index in [1.165, 1.54) is 12.8 Å². The monoisotopic (exact) mass is 400 g/mol. The average molecular weight is 401 g/mol. The van der Waals surface area contributed by atoms with E-state index in [0.29, 0.717) is 24.9 Å². The second-order valence-electron chi connectivity index (χ2n) is 8.57. The first-order chi connectivity index (χ1) is 14.1. The van der Waals surface area contributed by atoms with Gasteiger partial charge in [0.25, 0.3) is 0 Å². The fourth-order valence-corrected chi connectivity index (χ4v) is 4.40. The highest BCUT2D eigenvalue weighted by Gasteiger charge is 2.37. The molecule has 6 nitrogen and oxygen atoms in total. The van der Waals surface area contributed by atoms with Gasteiger partial charge in [0.1, 0.15) is 0 Å². The van der Waals surface area contributed by atoms with Crippen molar-refractivity contribution >= 4 is 17.6 Å². The SMILES string of the molecule is CC[C@@H](C)CNC(=O)[C@H](C1CCCC1)N1CCN(C(=O)Nc2ccccc2)CC1. The van der Waals surface area contributed by atoms with Crippen LogP contribution in [0.3, 0.4) is 0 Å². The zero-order valence-corrected chi connectivity index (χ0v) is 17.9. The first kappa shape index (κ1) is 21.6. The molecule has 2 atom stereocenters. The first-order valence-corrected chi connectivity index (χ1v) is 11.2. The second-order valence-corrected chi connectivity index (χ2v) is 8.57. The summed E-state index contributed by atoms with van der Waals surface area (Å²) in [4.78, 5) is 29.8. The lowest BCUT2D eigenvalue weighted by Gasteiger charge is -2.40. The highest BCUT2D eigenvalue weighted by Crippen LogP contribution is 2.31. The molecule has 2 N–H and O–H groups in total. The van der Waals surface area contributed by atoms with Gasteiger partial charge in [0.2, 0.25) is 5.91 Å². The zero-order valence-electron chi connectivity index (χ0n) is 17.9. The van der Waals surface area contributed by atoms with Gasteiger partial charge in [-0.25, -0.2) is 4.79 Å². The van der Waals surface area contributed by atoms with Crippen LogP contribution in [-0.4, -0.2) is 60.5 Å². The van der Waals surface area contributed by atoms with Crippen molar-refractivity contribution in [3.05, 3.63) is 30.3 Å². The molecule has 6 heteroatoms. The number of urea groups is 1.